The lowest BCUT2D eigenvalue weighted by Gasteiger charge is -2.31. The average Bonchev–Trinajstić information content (AvgIpc) is 3.25. The number of ketones is 1. The van der Waals surface area contributed by atoms with Crippen molar-refractivity contribution >= 4 is 39.6 Å². The van der Waals surface area contributed by atoms with Crippen LogP contribution in [0.4, 0.5) is 5.69 Å². The van der Waals surface area contributed by atoms with Crippen LogP contribution in [0.25, 0.3) is 12.2 Å². The van der Waals surface area contributed by atoms with Crippen LogP contribution in [-0.2, 0) is 14.8 Å². The van der Waals surface area contributed by atoms with Crippen LogP contribution >= 0.6 is 0 Å². The summed E-state index contributed by atoms with van der Waals surface area (Å²) >= 11 is 0. The molecule has 1 N–H and O–H groups in total. The third kappa shape index (κ3) is 5.58. The molecule has 2 aromatic carbocycles. The summed E-state index contributed by atoms with van der Waals surface area (Å²) in [6.07, 6.45) is 4.50. The maximum Gasteiger partial charge on any atom is 0.248 e. The second kappa shape index (κ2) is 10.4. The van der Waals surface area contributed by atoms with Crippen LogP contribution in [0.3, 0.4) is 0 Å². The van der Waals surface area contributed by atoms with Crippen molar-refractivity contribution in [1.82, 2.24) is 9.46 Å². The molecule has 8 nitrogen and oxygen atoms in total. The Morgan fingerprint density at radius 2 is 1.80 bits per heavy atom. The number of aromatic nitrogens is 1. The molecule has 1 aromatic heterocycles. The van der Waals surface area contributed by atoms with Gasteiger partial charge in [-0.3, -0.25) is 9.59 Å². The summed E-state index contributed by atoms with van der Waals surface area (Å²) in [5.41, 5.74) is 2.29. The first-order chi connectivity index (χ1) is 16.8. The molecule has 3 aromatic rings. The zero-order valence-corrected chi connectivity index (χ0v) is 20.4. The molecule has 2 heterocycles. The highest BCUT2D eigenvalue weighted by atomic mass is 32.2. The summed E-state index contributed by atoms with van der Waals surface area (Å²) in [5.74, 6) is -0.664. The van der Waals surface area contributed by atoms with Crippen LogP contribution < -0.4 is 5.32 Å². The van der Waals surface area contributed by atoms with Gasteiger partial charge in [0.2, 0.25) is 15.9 Å². The fourth-order valence-electron chi connectivity index (χ4n) is 4.07. The van der Waals surface area contributed by atoms with E-state index in [-0.39, 0.29) is 34.6 Å². The summed E-state index contributed by atoms with van der Waals surface area (Å²) < 4.78 is 33.8. The van der Waals surface area contributed by atoms with Crippen molar-refractivity contribution in [3.05, 3.63) is 77.2 Å². The molecule has 35 heavy (non-hydrogen) atoms. The zero-order chi connectivity index (χ0) is 25.0. The molecule has 1 saturated heterocycles. The van der Waals surface area contributed by atoms with Crippen molar-refractivity contribution < 1.29 is 22.5 Å². The molecule has 0 bridgehead atoms. The third-order valence-electron chi connectivity index (χ3n) is 5.97. The Kier molecular flexibility index (Phi) is 7.28. The van der Waals surface area contributed by atoms with E-state index < -0.39 is 15.9 Å². The Labute approximate surface area is 204 Å². The number of nitrogens with one attached hydrogen (secondary N) is 1. The van der Waals surface area contributed by atoms with Gasteiger partial charge >= 0.3 is 0 Å². The summed E-state index contributed by atoms with van der Waals surface area (Å²) in [6, 6.07) is 16.1. The minimum atomic E-state index is -3.93. The maximum absolute atomic E-state index is 13.6. The summed E-state index contributed by atoms with van der Waals surface area (Å²) in [7, 11) is -3.93. The molecule has 1 atom stereocenters. The highest BCUT2D eigenvalue weighted by Crippen LogP contribution is 2.29. The number of benzene rings is 2. The lowest BCUT2D eigenvalue weighted by Crippen LogP contribution is -2.43. The van der Waals surface area contributed by atoms with Gasteiger partial charge in [0.1, 0.15) is 5.69 Å². The molecule has 0 saturated carbocycles. The molecule has 9 heteroatoms. The minimum Gasteiger partial charge on any atom is -0.355 e. The summed E-state index contributed by atoms with van der Waals surface area (Å²) in [4.78, 5) is 24.4. The summed E-state index contributed by atoms with van der Waals surface area (Å²) in [6.45, 7) is 3.44. The predicted molar refractivity (Wildman–Crippen MR) is 133 cm³/mol. The number of aryl methyl sites for hydroxylation is 1. The van der Waals surface area contributed by atoms with Crippen molar-refractivity contribution in [3.63, 3.8) is 0 Å². The molecule has 182 valence electrons. The van der Waals surface area contributed by atoms with Gasteiger partial charge in [-0.2, -0.15) is 4.31 Å². The van der Waals surface area contributed by atoms with E-state index in [1.54, 1.807) is 43.3 Å². The average molecular weight is 494 g/mol. The Bertz CT molecular complexity index is 1350. The molecule has 0 spiro atoms. The van der Waals surface area contributed by atoms with E-state index in [9.17, 15) is 18.0 Å². The van der Waals surface area contributed by atoms with Gasteiger partial charge in [0, 0.05) is 24.3 Å². The van der Waals surface area contributed by atoms with E-state index >= 15 is 0 Å². The van der Waals surface area contributed by atoms with Crippen LogP contribution in [0.1, 0.15) is 47.1 Å². The third-order valence-corrected chi connectivity index (χ3v) is 8.00. The predicted octanol–water partition coefficient (Wildman–Crippen LogP) is 4.40. The second-order valence-corrected chi connectivity index (χ2v) is 10.4. The van der Waals surface area contributed by atoms with E-state index in [2.05, 4.69) is 10.5 Å². The lowest BCUT2D eigenvalue weighted by atomic mass is 9.98. The number of sulfonamides is 1. The minimum absolute atomic E-state index is 0.0190. The number of amides is 1. The number of rotatable bonds is 7. The van der Waals surface area contributed by atoms with E-state index in [0.717, 1.165) is 5.56 Å². The molecule has 1 fully saturated rings. The van der Waals surface area contributed by atoms with Crippen LogP contribution in [0.15, 0.2) is 64.0 Å². The quantitative estimate of drug-likeness (QED) is 0.489. The van der Waals surface area contributed by atoms with Crippen molar-refractivity contribution in [3.8, 4) is 0 Å². The smallest absolute Gasteiger partial charge is 0.248 e. The number of nitrogens with zero attached hydrogens (tertiary/aromatic N) is 2. The first kappa shape index (κ1) is 24.6. The fraction of sp³-hybridized carbons (Fsp3) is 0.269. The van der Waals surface area contributed by atoms with Crippen LogP contribution in [0.5, 0.6) is 0 Å². The second-order valence-electron chi connectivity index (χ2n) is 8.53. The van der Waals surface area contributed by atoms with Crippen LogP contribution in [0.2, 0.25) is 0 Å². The maximum atomic E-state index is 13.6. The topological polar surface area (TPSA) is 110 Å². The lowest BCUT2D eigenvalue weighted by molar-refractivity contribution is -0.120. The first-order valence-corrected chi connectivity index (χ1v) is 12.8. The van der Waals surface area contributed by atoms with Crippen molar-refractivity contribution in [2.75, 3.05) is 18.4 Å². The number of hydrogen-bond acceptors (Lipinski definition) is 6. The number of carbonyl (C=O) groups is 2. The van der Waals surface area contributed by atoms with E-state index in [1.807, 2.05) is 30.3 Å². The van der Waals surface area contributed by atoms with Crippen molar-refractivity contribution in [1.29, 1.82) is 0 Å². The summed E-state index contributed by atoms with van der Waals surface area (Å²) in [5, 5.41) is 6.72. The molecule has 1 aliphatic heterocycles. The Morgan fingerprint density at radius 3 is 2.49 bits per heavy atom. The largest absolute Gasteiger partial charge is 0.355 e. The zero-order valence-electron chi connectivity index (χ0n) is 19.6. The standard InChI is InChI=1S/C26H27N3O5S/c1-18-25(24(34-28-18)15-10-20-7-4-3-5-8-20)35(32,33)29-16-6-9-22(17-29)26(31)27-23-13-11-21(12-14-23)19(2)30/h3-5,7-8,10-15,22H,6,9,16-17H2,1-2H3,(H,27,31). The van der Waals surface area contributed by atoms with Crippen LogP contribution in [-0.4, -0.2) is 42.7 Å². The fourth-order valence-corrected chi connectivity index (χ4v) is 5.85. The van der Waals surface area contributed by atoms with Crippen molar-refractivity contribution in [2.24, 2.45) is 5.92 Å². The first-order valence-electron chi connectivity index (χ1n) is 11.4. The molecule has 4 rings (SSSR count). The number of carbonyl (C=O) groups excluding carboxylic acids is 2. The van der Waals surface area contributed by atoms with Gasteiger partial charge in [-0.05, 0) is 62.6 Å². The monoisotopic (exact) mass is 493 g/mol. The van der Waals surface area contributed by atoms with E-state index in [0.29, 0.717) is 30.6 Å². The van der Waals surface area contributed by atoms with Crippen LogP contribution in [0, 0.1) is 12.8 Å². The molecule has 1 aliphatic rings. The number of hydrogen-bond donors (Lipinski definition) is 1. The van der Waals surface area contributed by atoms with E-state index in [4.69, 9.17) is 4.52 Å². The van der Waals surface area contributed by atoms with Crippen molar-refractivity contribution in [2.45, 2.75) is 31.6 Å². The molecule has 1 unspecified atom stereocenters. The van der Waals surface area contributed by atoms with Gasteiger partial charge < -0.3 is 9.84 Å². The van der Waals surface area contributed by atoms with Gasteiger partial charge in [0.15, 0.2) is 16.4 Å². The van der Waals surface area contributed by atoms with Gasteiger partial charge in [-0.25, -0.2) is 8.42 Å². The molecular weight excluding hydrogens is 466 g/mol. The normalized spacial score (nSPS) is 16.9. The Morgan fingerprint density at radius 1 is 1.09 bits per heavy atom. The molecular formula is C26H27N3O5S. The van der Waals surface area contributed by atoms with Gasteiger partial charge in [-0.15, -0.1) is 0 Å². The highest BCUT2D eigenvalue weighted by molar-refractivity contribution is 7.89. The number of anilines is 1. The Hall–Kier alpha value is -3.56. The van der Waals surface area contributed by atoms with Gasteiger partial charge in [0.05, 0.1) is 5.92 Å². The number of piperidine rings is 1. The SMILES string of the molecule is CC(=O)c1ccc(NC(=O)C2CCCN(S(=O)(=O)c3c(C)noc3C=Cc3ccccc3)C2)cc1. The molecule has 1 amide bonds. The van der Waals surface area contributed by atoms with Gasteiger partial charge in [0.25, 0.3) is 0 Å². The van der Waals surface area contributed by atoms with E-state index in [1.165, 1.54) is 11.2 Å². The molecule has 0 radical (unpaired) electrons. The number of Topliss-reactive ketones (excluding diaryl/α,β-unsaturated/α-hetero) is 1. The molecule has 0 aliphatic carbocycles. The van der Waals surface area contributed by atoms with Gasteiger partial charge in [-0.1, -0.05) is 41.6 Å². The Balaban J connectivity index is 1.50. The highest BCUT2D eigenvalue weighted by Gasteiger charge is 2.37.